The minimum Gasteiger partial charge on any atom is -0.362 e. The molecule has 0 aliphatic rings. The smallest absolute Gasteiger partial charge is 0.248 e. The summed E-state index contributed by atoms with van der Waals surface area (Å²) in [5.41, 5.74) is 6.33. The summed E-state index contributed by atoms with van der Waals surface area (Å²) in [6, 6.07) is 5.98. The number of hydrogen-bond donors (Lipinski definition) is 3. The zero-order valence-electron chi connectivity index (χ0n) is 10.7. The molecule has 0 saturated heterocycles. The van der Waals surface area contributed by atoms with E-state index in [0.29, 0.717) is 17.4 Å². The van der Waals surface area contributed by atoms with E-state index >= 15 is 0 Å². The maximum atomic E-state index is 11.6. The molecule has 0 fully saturated rings. The Bertz CT molecular complexity index is 468. The quantitative estimate of drug-likeness (QED) is 0.436. The van der Waals surface area contributed by atoms with Crippen molar-refractivity contribution in [2.24, 2.45) is 0 Å². The van der Waals surface area contributed by atoms with E-state index in [1.807, 2.05) is 32.0 Å². The molecule has 1 rings (SSSR count). The zero-order valence-corrected chi connectivity index (χ0v) is 14.0. The number of hydrogen-bond acceptors (Lipinski definition) is 3. The molecule has 0 aromatic heterocycles. The molecule has 0 bridgehead atoms. The lowest BCUT2D eigenvalue weighted by Crippen LogP contribution is -2.47. The Hall–Kier alpha value is -0.790. The number of thiocarbonyl (C=S) groups is 1. The first-order valence-electron chi connectivity index (χ1n) is 5.74. The molecule has 7 heteroatoms. The van der Waals surface area contributed by atoms with Crippen molar-refractivity contribution >= 4 is 50.9 Å². The van der Waals surface area contributed by atoms with Gasteiger partial charge in [-0.25, -0.2) is 0 Å². The van der Waals surface area contributed by atoms with Gasteiger partial charge in [0, 0.05) is 15.9 Å². The van der Waals surface area contributed by atoms with Gasteiger partial charge in [0.05, 0.1) is 5.75 Å². The molecule has 0 aliphatic carbocycles. The van der Waals surface area contributed by atoms with Gasteiger partial charge in [-0.3, -0.25) is 15.6 Å². The van der Waals surface area contributed by atoms with Crippen LogP contribution in [0.4, 0.5) is 0 Å². The molecule has 0 unspecified atom stereocenters. The largest absolute Gasteiger partial charge is 0.362 e. The van der Waals surface area contributed by atoms with Crippen molar-refractivity contribution in [1.29, 1.82) is 0 Å². The van der Waals surface area contributed by atoms with Gasteiger partial charge in [-0.1, -0.05) is 15.9 Å². The number of hydrazine groups is 1. The van der Waals surface area contributed by atoms with Crippen LogP contribution < -0.4 is 16.2 Å². The molecule has 0 aliphatic heterocycles. The molecular weight excluding hydrogens is 346 g/mol. The Labute approximate surface area is 131 Å². The number of nitrogens with one attached hydrogen (secondary N) is 3. The van der Waals surface area contributed by atoms with Crippen LogP contribution in [0.1, 0.15) is 12.5 Å². The summed E-state index contributed by atoms with van der Waals surface area (Å²) in [5.74, 6) is 0.220. The van der Waals surface area contributed by atoms with Crippen LogP contribution in [0.2, 0.25) is 0 Å². The van der Waals surface area contributed by atoms with E-state index in [4.69, 9.17) is 12.2 Å². The monoisotopic (exact) mass is 361 g/mol. The Morgan fingerprint density at radius 2 is 2.16 bits per heavy atom. The first-order valence-corrected chi connectivity index (χ1v) is 7.93. The zero-order chi connectivity index (χ0) is 14.3. The van der Waals surface area contributed by atoms with E-state index in [2.05, 4.69) is 32.1 Å². The van der Waals surface area contributed by atoms with Crippen LogP contribution in [-0.2, 0) is 4.79 Å². The number of thioether (sulfide) groups is 1. The van der Waals surface area contributed by atoms with Crippen LogP contribution in [0, 0.1) is 6.92 Å². The molecule has 3 N–H and O–H groups in total. The van der Waals surface area contributed by atoms with E-state index in [1.165, 1.54) is 11.8 Å². The van der Waals surface area contributed by atoms with Gasteiger partial charge in [0.1, 0.15) is 0 Å². The number of benzene rings is 1. The number of amides is 1. The van der Waals surface area contributed by atoms with Crippen molar-refractivity contribution < 1.29 is 4.79 Å². The maximum Gasteiger partial charge on any atom is 0.248 e. The van der Waals surface area contributed by atoms with Crippen molar-refractivity contribution in [3.05, 3.63) is 28.2 Å². The van der Waals surface area contributed by atoms with Gasteiger partial charge in [-0.2, -0.15) is 0 Å². The van der Waals surface area contributed by atoms with Crippen LogP contribution in [-0.4, -0.2) is 23.3 Å². The number of carbonyl (C=O) groups is 1. The number of halogens is 1. The summed E-state index contributed by atoms with van der Waals surface area (Å²) in [5, 5.41) is 3.30. The number of rotatable bonds is 4. The summed E-state index contributed by atoms with van der Waals surface area (Å²) in [4.78, 5) is 12.7. The van der Waals surface area contributed by atoms with Crippen LogP contribution in [0.5, 0.6) is 0 Å². The lowest BCUT2D eigenvalue weighted by atomic mass is 10.2. The molecule has 104 valence electrons. The summed E-state index contributed by atoms with van der Waals surface area (Å²) in [6.45, 7) is 4.67. The van der Waals surface area contributed by atoms with Crippen LogP contribution in [0.15, 0.2) is 27.6 Å². The normalized spacial score (nSPS) is 9.84. The molecule has 0 radical (unpaired) electrons. The number of aryl methyl sites for hydroxylation is 1. The molecule has 1 aromatic rings. The Morgan fingerprint density at radius 1 is 1.42 bits per heavy atom. The second-order valence-electron chi connectivity index (χ2n) is 3.73. The molecule has 1 amide bonds. The van der Waals surface area contributed by atoms with Gasteiger partial charge in [0.15, 0.2) is 5.11 Å². The average molecular weight is 362 g/mol. The van der Waals surface area contributed by atoms with Crippen molar-refractivity contribution in [3.8, 4) is 0 Å². The first-order chi connectivity index (χ1) is 9.02. The Morgan fingerprint density at radius 3 is 2.79 bits per heavy atom. The number of carbonyl (C=O) groups excluding carboxylic acids is 1. The highest BCUT2D eigenvalue weighted by molar-refractivity contribution is 9.10. The summed E-state index contributed by atoms with van der Waals surface area (Å²) < 4.78 is 1.04. The summed E-state index contributed by atoms with van der Waals surface area (Å²) in [7, 11) is 0. The third-order valence-electron chi connectivity index (χ3n) is 2.15. The maximum absolute atomic E-state index is 11.6. The SMILES string of the molecule is CCNC(=S)NNC(=O)CSc1ccc(Br)cc1C. The molecule has 0 heterocycles. The minimum absolute atomic E-state index is 0.118. The van der Waals surface area contributed by atoms with Gasteiger partial charge in [-0.05, 0) is 49.8 Å². The Balaban J connectivity index is 2.36. The van der Waals surface area contributed by atoms with Crippen molar-refractivity contribution in [3.63, 3.8) is 0 Å². The van der Waals surface area contributed by atoms with Gasteiger partial charge >= 0.3 is 0 Å². The minimum atomic E-state index is -0.118. The highest BCUT2D eigenvalue weighted by Crippen LogP contribution is 2.24. The van der Waals surface area contributed by atoms with E-state index in [9.17, 15) is 4.79 Å². The lowest BCUT2D eigenvalue weighted by molar-refractivity contribution is -0.119. The highest BCUT2D eigenvalue weighted by Gasteiger charge is 2.05. The molecule has 0 saturated carbocycles. The molecular formula is C12H16BrN3OS2. The predicted octanol–water partition coefficient (Wildman–Crippen LogP) is 2.36. The lowest BCUT2D eigenvalue weighted by Gasteiger charge is -2.10. The average Bonchev–Trinajstić information content (AvgIpc) is 2.35. The van der Waals surface area contributed by atoms with Crippen LogP contribution in [0.25, 0.3) is 0 Å². The molecule has 1 aromatic carbocycles. The van der Waals surface area contributed by atoms with Gasteiger partial charge in [0.2, 0.25) is 5.91 Å². The second kappa shape index (κ2) is 8.39. The van der Waals surface area contributed by atoms with E-state index in [-0.39, 0.29) is 5.91 Å². The first kappa shape index (κ1) is 16.3. The molecule has 0 spiro atoms. The van der Waals surface area contributed by atoms with Crippen LogP contribution in [0.3, 0.4) is 0 Å². The standard InChI is InChI=1S/C12H16BrN3OS2/c1-3-14-12(18)16-15-11(17)7-19-10-5-4-9(13)6-8(10)2/h4-6H,3,7H2,1-2H3,(H,15,17)(H2,14,16,18). The van der Waals surface area contributed by atoms with Crippen LogP contribution >= 0.6 is 39.9 Å². The van der Waals surface area contributed by atoms with E-state index in [1.54, 1.807) is 0 Å². The van der Waals surface area contributed by atoms with Gasteiger partial charge in [-0.15, -0.1) is 11.8 Å². The third kappa shape index (κ3) is 6.26. The second-order valence-corrected chi connectivity index (χ2v) is 6.07. The predicted molar refractivity (Wildman–Crippen MR) is 87.2 cm³/mol. The Kier molecular flexibility index (Phi) is 7.19. The van der Waals surface area contributed by atoms with E-state index in [0.717, 1.165) is 14.9 Å². The fraction of sp³-hybridized carbons (Fsp3) is 0.333. The molecule has 19 heavy (non-hydrogen) atoms. The molecule has 0 atom stereocenters. The third-order valence-corrected chi connectivity index (χ3v) is 4.06. The van der Waals surface area contributed by atoms with Gasteiger partial charge in [0.25, 0.3) is 0 Å². The topological polar surface area (TPSA) is 53.2 Å². The van der Waals surface area contributed by atoms with Crippen molar-refractivity contribution in [1.82, 2.24) is 16.2 Å². The van der Waals surface area contributed by atoms with Crippen molar-refractivity contribution in [2.45, 2.75) is 18.7 Å². The highest BCUT2D eigenvalue weighted by atomic mass is 79.9. The molecule has 4 nitrogen and oxygen atoms in total. The van der Waals surface area contributed by atoms with Crippen molar-refractivity contribution in [2.75, 3.05) is 12.3 Å². The van der Waals surface area contributed by atoms with Gasteiger partial charge < -0.3 is 5.32 Å². The summed E-state index contributed by atoms with van der Waals surface area (Å²) >= 11 is 9.84. The fourth-order valence-electron chi connectivity index (χ4n) is 1.29. The fourth-order valence-corrected chi connectivity index (χ4v) is 2.77. The summed E-state index contributed by atoms with van der Waals surface area (Å²) in [6.07, 6.45) is 0. The van der Waals surface area contributed by atoms with E-state index < -0.39 is 0 Å².